The van der Waals surface area contributed by atoms with Gasteiger partial charge in [0.2, 0.25) is 0 Å². The topological polar surface area (TPSA) is 32.3 Å². The van der Waals surface area contributed by atoms with E-state index in [0.717, 1.165) is 30.4 Å². The third kappa shape index (κ3) is 3.50. The molecule has 1 heterocycles. The van der Waals surface area contributed by atoms with E-state index in [1.807, 2.05) is 17.9 Å². The molecular weight excluding hydrogens is 328 g/mol. The zero-order chi connectivity index (χ0) is 13.8. The summed E-state index contributed by atoms with van der Waals surface area (Å²) in [6.07, 6.45) is 2.17. The van der Waals surface area contributed by atoms with Crippen LogP contribution >= 0.6 is 27.5 Å². The fourth-order valence-electron chi connectivity index (χ4n) is 2.48. The Morgan fingerprint density at radius 1 is 1.58 bits per heavy atom. The summed E-state index contributed by atoms with van der Waals surface area (Å²) in [4.78, 5) is 14.6. The molecule has 1 aromatic carbocycles. The molecule has 3 nitrogen and oxygen atoms in total. The lowest BCUT2D eigenvalue weighted by molar-refractivity contribution is 0.0662. The molecule has 0 aliphatic carbocycles. The van der Waals surface area contributed by atoms with Crippen LogP contribution in [0.25, 0.3) is 0 Å². The van der Waals surface area contributed by atoms with Gasteiger partial charge in [-0.15, -0.1) is 0 Å². The molecule has 1 unspecified atom stereocenters. The van der Waals surface area contributed by atoms with Gasteiger partial charge in [-0.05, 0) is 44.5 Å². The van der Waals surface area contributed by atoms with Gasteiger partial charge in [0.1, 0.15) is 0 Å². The molecule has 1 saturated heterocycles. The van der Waals surface area contributed by atoms with Gasteiger partial charge in [-0.25, -0.2) is 0 Å². The van der Waals surface area contributed by atoms with E-state index in [2.05, 4.69) is 21.2 Å². The fourth-order valence-corrected chi connectivity index (χ4v) is 3.04. The molecule has 0 bridgehead atoms. The maximum atomic E-state index is 12.6. The standard InChI is InChI=1S/C14H18BrClN2O/c1-2-18(11-4-3-7-17-9-11)14(19)12-8-10(15)5-6-13(12)16/h5-6,8,11,17H,2-4,7,9H2,1H3. The van der Waals surface area contributed by atoms with Crippen molar-refractivity contribution in [1.82, 2.24) is 10.2 Å². The summed E-state index contributed by atoms with van der Waals surface area (Å²) in [6.45, 7) is 4.62. The normalized spacial score (nSPS) is 19.2. The second kappa shape index (κ2) is 6.73. The summed E-state index contributed by atoms with van der Waals surface area (Å²) < 4.78 is 0.873. The molecule has 5 heteroatoms. The van der Waals surface area contributed by atoms with Crippen LogP contribution < -0.4 is 5.32 Å². The Labute approximate surface area is 127 Å². The van der Waals surface area contributed by atoms with E-state index in [-0.39, 0.29) is 11.9 Å². The molecule has 2 rings (SSSR count). The lowest BCUT2D eigenvalue weighted by Crippen LogP contribution is -2.48. The van der Waals surface area contributed by atoms with Crippen LogP contribution in [0.15, 0.2) is 22.7 Å². The number of nitrogens with zero attached hydrogens (tertiary/aromatic N) is 1. The van der Waals surface area contributed by atoms with Gasteiger partial charge in [-0.3, -0.25) is 4.79 Å². The fraction of sp³-hybridized carbons (Fsp3) is 0.500. The zero-order valence-corrected chi connectivity index (χ0v) is 13.3. The molecule has 0 spiro atoms. The first-order chi connectivity index (χ1) is 9.13. The maximum absolute atomic E-state index is 12.6. The first kappa shape index (κ1) is 14.8. The molecule has 0 saturated carbocycles. The molecule has 1 N–H and O–H groups in total. The van der Waals surface area contributed by atoms with Crippen molar-refractivity contribution in [3.05, 3.63) is 33.3 Å². The van der Waals surface area contributed by atoms with Gasteiger partial charge in [0.05, 0.1) is 10.6 Å². The molecule has 0 aromatic heterocycles. The van der Waals surface area contributed by atoms with Crippen LogP contribution in [-0.4, -0.2) is 36.5 Å². The van der Waals surface area contributed by atoms with Gasteiger partial charge in [0.15, 0.2) is 0 Å². The maximum Gasteiger partial charge on any atom is 0.255 e. The Kier molecular flexibility index (Phi) is 5.25. The number of hydrogen-bond acceptors (Lipinski definition) is 2. The quantitative estimate of drug-likeness (QED) is 0.911. The van der Waals surface area contributed by atoms with E-state index in [9.17, 15) is 4.79 Å². The molecule has 1 aliphatic heterocycles. The van der Waals surface area contributed by atoms with Crippen molar-refractivity contribution in [3.8, 4) is 0 Å². The van der Waals surface area contributed by atoms with Crippen LogP contribution in [0.4, 0.5) is 0 Å². The average Bonchev–Trinajstić information content (AvgIpc) is 2.43. The highest BCUT2D eigenvalue weighted by atomic mass is 79.9. The molecule has 1 amide bonds. The van der Waals surface area contributed by atoms with Gasteiger partial charge < -0.3 is 10.2 Å². The predicted molar refractivity (Wildman–Crippen MR) is 81.8 cm³/mol. The van der Waals surface area contributed by atoms with Crippen LogP contribution in [0.2, 0.25) is 5.02 Å². The van der Waals surface area contributed by atoms with Crippen molar-refractivity contribution < 1.29 is 4.79 Å². The minimum atomic E-state index is 0.0162. The summed E-state index contributed by atoms with van der Waals surface area (Å²) >= 11 is 9.54. The van der Waals surface area contributed by atoms with Crippen LogP contribution in [0.1, 0.15) is 30.1 Å². The first-order valence-corrected chi connectivity index (χ1v) is 7.77. The van der Waals surface area contributed by atoms with E-state index in [0.29, 0.717) is 17.1 Å². The molecular formula is C14H18BrClN2O. The smallest absolute Gasteiger partial charge is 0.255 e. The Morgan fingerprint density at radius 3 is 3.00 bits per heavy atom. The molecule has 1 atom stereocenters. The van der Waals surface area contributed by atoms with Crippen molar-refractivity contribution in [2.24, 2.45) is 0 Å². The number of likely N-dealkylation sites (N-methyl/N-ethyl adjacent to an activating group) is 1. The van der Waals surface area contributed by atoms with Crippen LogP contribution in [0.3, 0.4) is 0 Å². The zero-order valence-electron chi connectivity index (χ0n) is 11.0. The van der Waals surface area contributed by atoms with Crippen LogP contribution in [0.5, 0.6) is 0 Å². The third-order valence-electron chi connectivity index (χ3n) is 3.47. The monoisotopic (exact) mass is 344 g/mol. The molecule has 104 valence electrons. The Hall–Kier alpha value is -0.580. The highest BCUT2D eigenvalue weighted by Gasteiger charge is 2.26. The van der Waals surface area contributed by atoms with E-state index >= 15 is 0 Å². The van der Waals surface area contributed by atoms with Crippen molar-refractivity contribution in [2.75, 3.05) is 19.6 Å². The lowest BCUT2D eigenvalue weighted by atomic mass is 10.0. The summed E-state index contributed by atoms with van der Waals surface area (Å²) in [7, 11) is 0. The second-order valence-electron chi connectivity index (χ2n) is 4.72. The number of amides is 1. The highest BCUT2D eigenvalue weighted by molar-refractivity contribution is 9.10. The molecule has 1 aromatic rings. The van der Waals surface area contributed by atoms with Gasteiger partial charge in [-0.2, -0.15) is 0 Å². The van der Waals surface area contributed by atoms with Gasteiger partial charge in [0, 0.05) is 23.6 Å². The van der Waals surface area contributed by atoms with Gasteiger partial charge in [-0.1, -0.05) is 27.5 Å². The summed E-state index contributed by atoms with van der Waals surface area (Å²) in [5.41, 5.74) is 0.573. The minimum Gasteiger partial charge on any atom is -0.335 e. The second-order valence-corrected chi connectivity index (χ2v) is 6.04. The first-order valence-electron chi connectivity index (χ1n) is 6.60. The molecule has 1 fully saturated rings. The summed E-state index contributed by atoms with van der Waals surface area (Å²) in [5.74, 6) is 0.0162. The van der Waals surface area contributed by atoms with Crippen molar-refractivity contribution >= 4 is 33.4 Å². The largest absolute Gasteiger partial charge is 0.335 e. The van der Waals surface area contributed by atoms with Crippen molar-refractivity contribution in [1.29, 1.82) is 0 Å². The Bertz CT molecular complexity index is 461. The third-order valence-corrected chi connectivity index (χ3v) is 4.29. The lowest BCUT2D eigenvalue weighted by Gasteiger charge is -2.34. The summed E-state index contributed by atoms with van der Waals surface area (Å²) in [6, 6.07) is 5.66. The van der Waals surface area contributed by atoms with Crippen LogP contribution in [-0.2, 0) is 0 Å². The number of halogens is 2. The molecule has 1 aliphatic rings. The van der Waals surface area contributed by atoms with Crippen LogP contribution in [0, 0.1) is 0 Å². The Balaban J connectivity index is 2.22. The SMILES string of the molecule is CCN(C(=O)c1cc(Br)ccc1Cl)C1CCCNC1. The van der Waals surface area contributed by atoms with Gasteiger partial charge in [0.25, 0.3) is 5.91 Å². The minimum absolute atomic E-state index is 0.0162. The Morgan fingerprint density at radius 2 is 2.37 bits per heavy atom. The molecule has 19 heavy (non-hydrogen) atoms. The number of nitrogens with one attached hydrogen (secondary N) is 1. The number of hydrogen-bond donors (Lipinski definition) is 1. The van der Waals surface area contributed by atoms with E-state index < -0.39 is 0 Å². The average molecular weight is 346 g/mol. The van der Waals surface area contributed by atoms with E-state index in [4.69, 9.17) is 11.6 Å². The number of rotatable bonds is 3. The number of carbonyl (C=O) groups excluding carboxylic acids is 1. The number of piperidine rings is 1. The number of benzene rings is 1. The van der Waals surface area contributed by atoms with E-state index in [1.54, 1.807) is 12.1 Å². The van der Waals surface area contributed by atoms with E-state index in [1.165, 1.54) is 0 Å². The van der Waals surface area contributed by atoms with Crippen molar-refractivity contribution in [2.45, 2.75) is 25.8 Å². The number of carbonyl (C=O) groups is 1. The van der Waals surface area contributed by atoms with Crippen molar-refractivity contribution in [3.63, 3.8) is 0 Å². The summed E-state index contributed by atoms with van der Waals surface area (Å²) in [5, 5.41) is 3.86. The molecule has 0 radical (unpaired) electrons. The van der Waals surface area contributed by atoms with Gasteiger partial charge >= 0.3 is 0 Å². The predicted octanol–water partition coefficient (Wildman–Crippen LogP) is 3.32. The highest BCUT2D eigenvalue weighted by Crippen LogP contribution is 2.24.